The molecule has 1 aliphatic heterocycles. The highest BCUT2D eigenvalue weighted by Crippen LogP contribution is 2.26. The fourth-order valence-corrected chi connectivity index (χ4v) is 3.20. The van der Waals surface area contributed by atoms with Crippen LogP contribution in [0, 0.1) is 5.92 Å². The Hall–Kier alpha value is -1.08. The molecule has 2 N–H and O–H groups in total. The van der Waals surface area contributed by atoms with Crippen molar-refractivity contribution in [3.05, 3.63) is 11.8 Å². The molecule has 156 valence electrons. The lowest BCUT2D eigenvalue weighted by molar-refractivity contribution is -0.0717. The van der Waals surface area contributed by atoms with Crippen LogP contribution in [0.2, 0.25) is 0 Å². The van der Waals surface area contributed by atoms with Crippen LogP contribution in [0.3, 0.4) is 0 Å². The molecule has 0 aliphatic carbocycles. The number of aliphatic imine (C=N–C) groups is 2. The summed E-state index contributed by atoms with van der Waals surface area (Å²) in [6.45, 7) is 16.8. The summed E-state index contributed by atoms with van der Waals surface area (Å²) in [6.07, 6.45) is 8.03. The van der Waals surface area contributed by atoms with Crippen molar-refractivity contribution in [2.24, 2.45) is 15.9 Å². The molecule has 1 aliphatic rings. The first-order valence-corrected chi connectivity index (χ1v) is 10.3. The second-order valence-corrected chi connectivity index (χ2v) is 8.35. The van der Waals surface area contributed by atoms with E-state index in [4.69, 9.17) is 9.73 Å². The molecular formula is C21H41N5O. The van der Waals surface area contributed by atoms with Crippen LogP contribution in [-0.4, -0.2) is 56.0 Å². The van der Waals surface area contributed by atoms with Gasteiger partial charge in [0.1, 0.15) is 5.84 Å². The number of unbranched alkanes of at least 4 members (excludes halogenated alkanes) is 1. The first-order valence-electron chi connectivity index (χ1n) is 10.3. The summed E-state index contributed by atoms with van der Waals surface area (Å²) in [7, 11) is 1.92. The molecule has 0 amide bonds. The maximum Gasteiger partial charge on any atom is 0.124 e. The Balaban J connectivity index is 2.93. The van der Waals surface area contributed by atoms with Gasteiger partial charge in [0.25, 0.3) is 0 Å². The minimum absolute atomic E-state index is 0.116. The molecule has 0 aromatic heterocycles. The molecule has 0 saturated carbocycles. The lowest BCUT2D eigenvalue weighted by Gasteiger charge is -2.35. The molecule has 6 nitrogen and oxygen atoms in total. The first kappa shape index (κ1) is 24.0. The van der Waals surface area contributed by atoms with Gasteiger partial charge in [0.15, 0.2) is 0 Å². The van der Waals surface area contributed by atoms with Crippen LogP contribution >= 0.6 is 0 Å². The van der Waals surface area contributed by atoms with Crippen LogP contribution < -0.4 is 10.9 Å². The average molecular weight is 380 g/mol. The number of amidine groups is 1. The van der Waals surface area contributed by atoms with Crippen molar-refractivity contribution < 1.29 is 4.74 Å². The Kier molecular flexibility index (Phi) is 11.0. The van der Waals surface area contributed by atoms with Gasteiger partial charge in [-0.1, -0.05) is 19.8 Å². The van der Waals surface area contributed by atoms with Crippen molar-refractivity contribution in [3.63, 3.8) is 0 Å². The van der Waals surface area contributed by atoms with Crippen molar-refractivity contribution >= 4 is 12.6 Å². The maximum absolute atomic E-state index is 5.99. The first-order chi connectivity index (χ1) is 12.8. The van der Waals surface area contributed by atoms with E-state index in [0.717, 1.165) is 43.9 Å². The normalized spacial score (nSPS) is 21.3. The topological polar surface area (TPSA) is 61.2 Å². The van der Waals surface area contributed by atoms with E-state index in [0.29, 0.717) is 12.6 Å². The van der Waals surface area contributed by atoms with Crippen molar-refractivity contribution in [2.75, 3.05) is 26.9 Å². The van der Waals surface area contributed by atoms with Gasteiger partial charge in [0.05, 0.1) is 12.3 Å². The van der Waals surface area contributed by atoms with Gasteiger partial charge in [-0.3, -0.25) is 15.8 Å². The van der Waals surface area contributed by atoms with E-state index < -0.39 is 0 Å². The molecule has 1 heterocycles. The Morgan fingerprint density at radius 3 is 2.74 bits per heavy atom. The van der Waals surface area contributed by atoms with Crippen molar-refractivity contribution in [2.45, 2.75) is 78.4 Å². The van der Waals surface area contributed by atoms with Crippen molar-refractivity contribution in [3.8, 4) is 0 Å². The number of piperidine rings is 1. The van der Waals surface area contributed by atoms with Crippen LogP contribution in [0.4, 0.5) is 0 Å². The van der Waals surface area contributed by atoms with Crippen LogP contribution in [0.15, 0.2) is 21.8 Å². The van der Waals surface area contributed by atoms with E-state index >= 15 is 0 Å². The van der Waals surface area contributed by atoms with Gasteiger partial charge in [-0.05, 0) is 66.8 Å². The van der Waals surface area contributed by atoms with E-state index in [-0.39, 0.29) is 11.6 Å². The highest BCUT2D eigenvalue weighted by Gasteiger charge is 2.25. The zero-order valence-electron chi connectivity index (χ0n) is 18.3. The van der Waals surface area contributed by atoms with Gasteiger partial charge < -0.3 is 4.74 Å². The Labute approximate surface area is 166 Å². The van der Waals surface area contributed by atoms with Crippen LogP contribution in [-0.2, 0) is 4.74 Å². The number of hydrogen-bond donors (Lipinski definition) is 2. The minimum atomic E-state index is -0.116. The smallest absolute Gasteiger partial charge is 0.124 e. The summed E-state index contributed by atoms with van der Waals surface area (Å²) in [5.74, 6) is 1.12. The average Bonchev–Trinajstić information content (AvgIpc) is 2.63. The van der Waals surface area contributed by atoms with Crippen LogP contribution in [0.1, 0.15) is 66.7 Å². The zero-order chi connectivity index (χ0) is 20.3. The van der Waals surface area contributed by atoms with Gasteiger partial charge in [0, 0.05) is 30.7 Å². The maximum atomic E-state index is 5.99. The highest BCUT2D eigenvalue weighted by molar-refractivity contribution is 5.84. The molecular weight excluding hydrogens is 338 g/mol. The Morgan fingerprint density at radius 2 is 2.15 bits per heavy atom. The Bertz CT molecular complexity index is 495. The zero-order valence-corrected chi connectivity index (χ0v) is 18.3. The third-order valence-electron chi connectivity index (χ3n) is 4.69. The van der Waals surface area contributed by atoms with E-state index in [1.54, 1.807) is 0 Å². The number of hydrogen-bond acceptors (Lipinski definition) is 5. The third-order valence-corrected chi connectivity index (χ3v) is 4.69. The molecule has 6 heteroatoms. The molecule has 0 spiro atoms. The molecule has 2 atom stereocenters. The third kappa shape index (κ3) is 10.1. The lowest BCUT2D eigenvalue weighted by Crippen LogP contribution is -2.41. The summed E-state index contributed by atoms with van der Waals surface area (Å²) in [5.41, 5.74) is 7.44. The molecule has 0 aromatic carbocycles. The number of likely N-dealkylation sites (tertiary alicyclic amines) is 1. The van der Waals surface area contributed by atoms with Gasteiger partial charge in [0.2, 0.25) is 0 Å². The molecule has 0 aromatic rings. The van der Waals surface area contributed by atoms with Crippen LogP contribution in [0.25, 0.3) is 0 Å². The van der Waals surface area contributed by atoms with E-state index in [9.17, 15) is 0 Å². The van der Waals surface area contributed by atoms with E-state index in [2.05, 4.69) is 61.2 Å². The minimum Gasteiger partial charge on any atom is -0.360 e. The number of hydrazine groups is 1. The van der Waals surface area contributed by atoms with Gasteiger partial charge in [-0.15, -0.1) is 0 Å². The summed E-state index contributed by atoms with van der Waals surface area (Å²) < 4.78 is 5.99. The Morgan fingerprint density at radius 1 is 1.41 bits per heavy atom. The van der Waals surface area contributed by atoms with Crippen molar-refractivity contribution in [1.29, 1.82) is 0 Å². The molecule has 1 fully saturated rings. The second-order valence-electron chi connectivity index (χ2n) is 8.35. The predicted octanol–water partition coefficient (Wildman–Crippen LogP) is 3.76. The monoisotopic (exact) mass is 379 g/mol. The summed E-state index contributed by atoms with van der Waals surface area (Å²) >= 11 is 0. The molecule has 27 heavy (non-hydrogen) atoms. The molecule has 0 radical (unpaired) electrons. The summed E-state index contributed by atoms with van der Waals surface area (Å²) in [5, 5.41) is 0. The standard InChI is InChI=1S/C21H41N5O/c1-8-9-12-19(25-23-7)14-20(24-17(2)22-6)18-11-10-13-26(15-18)16-27-21(3,4)5/h14,18-19,23,25H,6,8-13,15-16H2,1-5,7H3/b20-14+,24-17-. The fourth-order valence-electron chi connectivity index (χ4n) is 3.20. The fraction of sp³-hybridized carbons (Fsp3) is 0.810. The largest absolute Gasteiger partial charge is 0.360 e. The molecule has 2 unspecified atom stereocenters. The van der Waals surface area contributed by atoms with Gasteiger partial charge in [-0.25, -0.2) is 9.98 Å². The van der Waals surface area contributed by atoms with Gasteiger partial charge >= 0.3 is 0 Å². The highest BCUT2D eigenvalue weighted by atomic mass is 16.5. The number of rotatable bonds is 10. The summed E-state index contributed by atoms with van der Waals surface area (Å²) in [4.78, 5) is 11.2. The second kappa shape index (κ2) is 12.4. The quantitative estimate of drug-likeness (QED) is 0.345. The van der Waals surface area contributed by atoms with Crippen molar-refractivity contribution in [1.82, 2.24) is 15.8 Å². The van der Waals surface area contributed by atoms with E-state index in [1.165, 1.54) is 12.8 Å². The SMILES string of the molecule is C=N/C(C)=N\C(=C\C(CCCC)NNC)C1CCCN(COC(C)(C)C)C1. The van der Waals surface area contributed by atoms with E-state index in [1.807, 2.05) is 14.0 Å². The lowest BCUT2D eigenvalue weighted by atomic mass is 9.93. The number of ether oxygens (including phenoxy) is 1. The van der Waals surface area contributed by atoms with Crippen LogP contribution in [0.5, 0.6) is 0 Å². The molecule has 1 saturated heterocycles. The molecule has 0 bridgehead atoms. The number of nitrogens with zero attached hydrogens (tertiary/aromatic N) is 3. The predicted molar refractivity (Wildman–Crippen MR) is 116 cm³/mol. The number of nitrogens with one attached hydrogen (secondary N) is 2. The van der Waals surface area contributed by atoms with Gasteiger partial charge in [-0.2, -0.15) is 0 Å². The molecule has 1 rings (SSSR count). The summed E-state index contributed by atoms with van der Waals surface area (Å²) in [6, 6.07) is 0.257.